The molecule has 0 saturated heterocycles. The first-order valence-corrected chi connectivity index (χ1v) is 13.7. The van der Waals surface area contributed by atoms with Gasteiger partial charge in [-0.1, -0.05) is 42.8 Å². The molecule has 1 atom stereocenters. The van der Waals surface area contributed by atoms with Crippen molar-refractivity contribution in [1.29, 1.82) is 0 Å². The Kier molecular flexibility index (Phi) is 7.78. The average Bonchev–Trinajstić information content (AvgIpc) is 3.50. The Morgan fingerprint density at radius 1 is 1.14 bits per heavy atom. The van der Waals surface area contributed by atoms with Crippen molar-refractivity contribution < 1.29 is 19.2 Å². The number of rotatable bonds is 12. The summed E-state index contributed by atoms with van der Waals surface area (Å²) in [5.41, 5.74) is 4.44. The highest BCUT2D eigenvalue weighted by Gasteiger charge is 2.43. The van der Waals surface area contributed by atoms with Gasteiger partial charge in [-0.3, -0.25) is 9.59 Å². The van der Waals surface area contributed by atoms with Crippen LogP contribution in [0.3, 0.4) is 0 Å². The predicted octanol–water partition coefficient (Wildman–Crippen LogP) is 7.49. The lowest BCUT2D eigenvalue weighted by Crippen LogP contribution is -2.28. The minimum atomic E-state index is -0.955. The highest BCUT2D eigenvalue weighted by molar-refractivity contribution is 5.82. The van der Waals surface area contributed by atoms with Gasteiger partial charge in [0.05, 0.1) is 11.1 Å². The number of carbonyl (C=O) groups is 2. The molecule has 2 saturated carbocycles. The molecule has 1 N–H and O–H groups in total. The summed E-state index contributed by atoms with van der Waals surface area (Å²) in [5, 5.41) is 14.5. The van der Waals surface area contributed by atoms with Gasteiger partial charge < -0.3 is 9.63 Å². The van der Waals surface area contributed by atoms with Crippen LogP contribution < -0.4 is 0 Å². The fraction of sp³-hybridized carbons (Fsp3) is 0.645. The van der Waals surface area contributed by atoms with E-state index in [1.807, 2.05) is 19.1 Å². The van der Waals surface area contributed by atoms with E-state index in [9.17, 15) is 14.7 Å². The number of carboxylic acid groups (broad SMARTS) is 1. The summed E-state index contributed by atoms with van der Waals surface area (Å²) < 4.78 is 6.03. The van der Waals surface area contributed by atoms with Crippen LogP contribution >= 0.6 is 0 Å². The number of aromatic nitrogens is 1. The SMILES string of the molecule is Cc1ccc(CC(=O)CC(CC(C)(C)C(=O)O)c2noc(C3CC(CC(C)C)C3)c2C2CC2)c(C)c1. The molecule has 5 heteroatoms. The maximum absolute atomic E-state index is 13.3. The Labute approximate surface area is 216 Å². The van der Waals surface area contributed by atoms with E-state index in [-0.39, 0.29) is 18.1 Å². The lowest BCUT2D eigenvalue weighted by Gasteiger charge is -2.35. The summed E-state index contributed by atoms with van der Waals surface area (Å²) in [7, 11) is 0. The van der Waals surface area contributed by atoms with Crippen LogP contribution in [0.25, 0.3) is 0 Å². The van der Waals surface area contributed by atoms with E-state index in [0.29, 0.717) is 30.6 Å². The molecule has 1 aromatic heterocycles. The van der Waals surface area contributed by atoms with Gasteiger partial charge in [0.15, 0.2) is 0 Å². The van der Waals surface area contributed by atoms with Gasteiger partial charge in [0.2, 0.25) is 0 Å². The second-order valence-corrected chi connectivity index (χ2v) is 12.7. The van der Waals surface area contributed by atoms with Crippen molar-refractivity contribution in [3.8, 4) is 0 Å². The smallest absolute Gasteiger partial charge is 0.309 e. The first-order chi connectivity index (χ1) is 16.9. The molecule has 1 aromatic carbocycles. The summed E-state index contributed by atoms with van der Waals surface area (Å²) in [5.74, 6) is 2.34. The van der Waals surface area contributed by atoms with E-state index in [1.165, 1.54) is 17.5 Å². The van der Waals surface area contributed by atoms with Crippen LogP contribution in [0.2, 0.25) is 0 Å². The Balaban J connectivity index is 1.58. The molecular formula is C31H43NO4. The first-order valence-electron chi connectivity index (χ1n) is 13.7. The molecule has 5 nitrogen and oxygen atoms in total. The van der Waals surface area contributed by atoms with E-state index >= 15 is 0 Å². The van der Waals surface area contributed by atoms with Gasteiger partial charge in [0, 0.05) is 30.2 Å². The standard InChI is InChI=1S/C31H43NO4/c1-18(2)11-21-13-24(14-21)29-27(22-9-10-22)28(32-36-29)25(17-31(5,6)30(34)35)16-26(33)15-23-8-7-19(3)12-20(23)4/h7-8,12,18,21-22,24-25H,9-11,13-17H2,1-6H3,(H,34,35). The van der Waals surface area contributed by atoms with Gasteiger partial charge >= 0.3 is 5.97 Å². The molecule has 4 rings (SSSR count). The van der Waals surface area contributed by atoms with Crippen LogP contribution in [0.5, 0.6) is 0 Å². The molecule has 0 amide bonds. The van der Waals surface area contributed by atoms with Gasteiger partial charge in [-0.2, -0.15) is 0 Å². The molecule has 0 radical (unpaired) electrons. The fourth-order valence-corrected chi connectivity index (χ4v) is 6.08. The highest BCUT2D eigenvalue weighted by Crippen LogP contribution is 2.53. The summed E-state index contributed by atoms with van der Waals surface area (Å²) >= 11 is 0. The lowest BCUT2D eigenvalue weighted by atomic mass is 9.69. The van der Waals surface area contributed by atoms with Crippen molar-refractivity contribution in [2.75, 3.05) is 0 Å². The van der Waals surface area contributed by atoms with Crippen molar-refractivity contribution in [3.63, 3.8) is 0 Å². The quantitative estimate of drug-likeness (QED) is 0.331. The zero-order chi connectivity index (χ0) is 26.2. The van der Waals surface area contributed by atoms with Crippen LogP contribution in [0.4, 0.5) is 0 Å². The molecule has 2 aliphatic rings. The van der Waals surface area contributed by atoms with Crippen molar-refractivity contribution in [3.05, 3.63) is 51.9 Å². The largest absolute Gasteiger partial charge is 0.481 e. The van der Waals surface area contributed by atoms with Crippen molar-refractivity contribution in [2.45, 2.75) is 111 Å². The second kappa shape index (κ2) is 10.5. The number of benzene rings is 1. The van der Waals surface area contributed by atoms with E-state index in [1.54, 1.807) is 13.8 Å². The second-order valence-electron chi connectivity index (χ2n) is 12.7. The van der Waals surface area contributed by atoms with Gasteiger partial charge in [-0.25, -0.2) is 0 Å². The number of nitrogens with zero attached hydrogens (tertiary/aromatic N) is 1. The Morgan fingerprint density at radius 2 is 1.83 bits per heavy atom. The Bertz CT molecular complexity index is 1100. The predicted molar refractivity (Wildman–Crippen MR) is 141 cm³/mol. The summed E-state index contributed by atoms with van der Waals surface area (Å²) in [4.78, 5) is 25.4. The van der Waals surface area contributed by atoms with Gasteiger partial charge in [0.1, 0.15) is 11.5 Å². The topological polar surface area (TPSA) is 80.4 Å². The zero-order valence-electron chi connectivity index (χ0n) is 22.9. The van der Waals surface area contributed by atoms with Crippen LogP contribution in [0, 0.1) is 31.1 Å². The number of carboxylic acids is 1. The van der Waals surface area contributed by atoms with Crippen LogP contribution in [0.1, 0.15) is 124 Å². The Hall–Kier alpha value is -2.43. The minimum Gasteiger partial charge on any atom is -0.481 e. The van der Waals surface area contributed by atoms with Gasteiger partial charge in [-0.15, -0.1) is 0 Å². The monoisotopic (exact) mass is 493 g/mol. The summed E-state index contributed by atoms with van der Waals surface area (Å²) in [6, 6.07) is 6.18. The molecule has 1 heterocycles. The van der Waals surface area contributed by atoms with Gasteiger partial charge in [-0.05, 0) is 95.1 Å². The maximum Gasteiger partial charge on any atom is 0.309 e. The molecule has 2 aliphatic carbocycles. The molecule has 1 unspecified atom stereocenters. The fourth-order valence-electron chi connectivity index (χ4n) is 6.08. The number of hydrogen-bond donors (Lipinski definition) is 1. The average molecular weight is 494 g/mol. The number of aryl methyl sites for hydroxylation is 2. The molecule has 2 fully saturated rings. The number of aliphatic carboxylic acids is 1. The van der Waals surface area contributed by atoms with Crippen LogP contribution in [-0.2, 0) is 16.0 Å². The molecular weight excluding hydrogens is 450 g/mol. The van der Waals surface area contributed by atoms with Crippen LogP contribution in [0.15, 0.2) is 22.7 Å². The third kappa shape index (κ3) is 6.10. The van der Waals surface area contributed by atoms with Crippen molar-refractivity contribution in [2.24, 2.45) is 17.3 Å². The van der Waals surface area contributed by atoms with E-state index in [0.717, 1.165) is 54.2 Å². The van der Waals surface area contributed by atoms with Crippen molar-refractivity contribution in [1.82, 2.24) is 5.16 Å². The Morgan fingerprint density at radius 3 is 2.42 bits per heavy atom. The zero-order valence-corrected chi connectivity index (χ0v) is 22.9. The molecule has 0 spiro atoms. The maximum atomic E-state index is 13.3. The molecule has 0 aliphatic heterocycles. The van der Waals surface area contributed by atoms with E-state index in [2.05, 4.69) is 32.0 Å². The molecule has 36 heavy (non-hydrogen) atoms. The number of carbonyl (C=O) groups excluding carboxylic acids is 1. The molecule has 196 valence electrons. The number of Topliss-reactive ketones (excluding diaryl/α,β-unsaturated/α-hetero) is 1. The van der Waals surface area contributed by atoms with Crippen molar-refractivity contribution >= 4 is 11.8 Å². The van der Waals surface area contributed by atoms with Crippen LogP contribution in [-0.4, -0.2) is 22.0 Å². The van der Waals surface area contributed by atoms with E-state index in [4.69, 9.17) is 4.52 Å². The third-order valence-corrected chi connectivity index (χ3v) is 8.26. The normalized spacial score (nSPS) is 20.9. The summed E-state index contributed by atoms with van der Waals surface area (Å²) in [6.07, 6.45) is 6.79. The molecule has 0 bridgehead atoms. The summed E-state index contributed by atoms with van der Waals surface area (Å²) in [6.45, 7) is 12.1. The number of ketones is 1. The number of hydrogen-bond acceptors (Lipinski definition) is 4. The van der Waals surface area contributed by atoms with Gasteiger partial charge in [0.25, 0.3) is 0 Å². The minimum absolute atomic E-state index is 0.125. The van der Waals surface area contributed by atoms with E-state index < -0.39 is 11.4 Å². The third-order valence-electron chi connectivity index (χ3n) is 8.26. The lowest BCUT2D eigenvalue weighted by molar-refractivity contribution is -0.147. The molecule has 2 aromatic rings. The highest BCUT2D eigenvalue weighted by atomic mass is 16.5. The first kappa shape index (κ1) is 26.6.